The van der Waals surface area contributed by atoms with E-state index in [2.05, 4.69) is 9.97 Å². The van der Waals surface area contributed by atoms with Crippen LogP contribution < -0.4 is 4.57 Å². The number of pyridine rings is 3. The lowest BCUT2D eigenvalue weighted by atomic mass is 9.99. The number of aryl methyl sites for hydroxylation is 6. The topological polar surface area (TPSA) is 55.9 Å². The molecule has 0 bridgehead atoms. The Morgan fingerprint density at radius 3 is 2.53 bits per heavy atom. The third-order valence-electron chi connectivity index (χ3n) is 5.79. The van der Waals surface area contributed by atoms with Crippen molar-refractivity contribution in [2.75, 3.05) is 0 Å². The molecule has 0 N–H and O–H groups in total. The summed E-state index contributed by atoms with van der Waals surface area (Å²) in [5.74, 6) is 0. The highest BCUT2D eigenvalue weighted by atomic mass is 16.4. The van der Waals surface area contributed by atoms with Gasteiger partial charge in [0.2, 0.25) is 11.4 Å². The molecule has 1 aromatic carbocycles. The first-order valence-corrected chi connectivity index (χ1v) is 9.83. The molecule has 0 fully saturated rings. The summed E-state index contributed by atoms with van der Waals surface area (Å²) in [6.45, 7) is -8.92. The van der Waals surface area contributed by atoms with E-state index in [4.69, 9.17) is 25.3 Å². The molecule has 5 heteroatoms. The monoisotopic (exact) mass is 434 g/mol. The summed E-state index contributed by atoms with van der Waals surface area (Å²) in [5.41, 5.74) is 0.502. The number of rotatable bonds is 1. The second-order valence-corrected chi connectivity index (χ2v) is 7.83. The molecule has 6 rings (SSSR count). The molecule has 5 aromatic heterocycles. The van der Waals surface area contributed by atoms with E-state index in [1.54, 1.807) is 26.1 Å². The fraction of sp³-hybridized carbons (Fsp3) is 0.222. The zero-order valence-electron chi connectivity index (χ0n) is 29.1. The molecule has 0 atom stereocenters. The normalized spacial score (nSPS) is 19.2. The van der Waals surface area contributed by atoms with Gasteiger partial charge < -0.3 is 8.83 Å². The van der Waals surface area contributed by atoms with E-state index in [1.807, 2.05) is 0 Å². The van der Waals surface area contributed by atoms with Crippen LogP contribution in [0.3, 0.4) is 0 Å². The van der Waals surface area contributed by atoms with Crippen LogP contribution in [0.25, 0.3) is 55.4 Å². The number of nitrogens with zero attached hydrogens (tertiary/aromatic N) is 3. The van der Waals surface area contributed by atoms with Crippen molar-refractivity contribution in [2.24, 2.45) is 7.05 Å². The van der Waals surface area contributed by atoms with Gasteiger partial charge in [-0.2, -0.15) is 0 Å². The molecular weight excluding hydrogens is 398 g/mol. The van der Waals surface area contributed by atoms with E-state index in [1.165, 1.54) is 29.0 Å². The zero-order valence-corrected chi connectivity index (χ0v) is 17.1. The molecule has 5 nitrogen and oxygen atoms in total. The predicted molar refractivity (Wildman–Crippen MR) is 127 cm³/mol. The van der Waals surface area contributed by atoms with E-state index in [-0.39, 0.29) is 55.9 Å². The lowest BCUT2D eigenvalue weighted by Crippen LogP contribution is -2.31. The molecule has 0 radical (unpaired) electrons. The highest BCUT2D eigenvalue weighted by Crippen LogP contribution is 2.42. The summed E-state index contributed by atoms with van der Waals surface area (Å²) in [4.78, 5) is 8.56. The molecule has 0 amide bonds. The van der Waals surface area contributed by atoms with Gasteiger partial charge in [-0.25, -0.2) is 14.5 Å². The molecule has 0 unspecified atom stereocenters. The maximum absolute atomic E-state index is 8.22. The Morgan fingerprint density at radius 1 is 0.844 bits per heavy atom. The van der Waals surface area contributed by atoms with Gasteiger partial charge in [-0.15, -0.1) is 0 Å². The van der Waals surface area contributed by atoms with Crippen LogP contribution in [0.2, 0.25) is 0 Å². The Kier molecular flexibility index (Phi) is 2.05. The minimum Gasteiger partial charge on any atom is -0.453 e. The largest absolute Gasteiger partial charge is 0.453 e. The van der Waals surface area contributed by atoms with Crippen molar-refractivity contribution in [2.45, 2.75) is 34.3 Å². The Morgan fingerprint density at radius 2 is 1.72 bits per heavy atom. The number of hydrogen-bond acceptors (Lipinski definition) is 4. The van der Waals surface area contributed by atoms with Gasteiger partial charge >= 0.3 is 0 Å². The minimum atomic E-state index is -2.75. The first kappa shape index (κ1) is 10.3. The van der Waals surface area contributed by atoms with Gasteiger partial charge in [-0.3, -0.25) is 0 Å². The standard InChI is InChI=1S/C27H24N3O2/c1-13-7-9-18-22-24(31-25(18)21(13)20-11-14(2)15(3)12-30(20)6)17(5)29-23-19-10-8-16(4)28-27(19)32-26(22)23/h7-12H,1-6H3/q+1/i2D3,3D3,4D3,5D3. The fourth-order valence-corrected chi connectivity index (χ4v) is 4.28. The molecule has 6 aromatic rings. The molecule has 0 saturated carbocycles. The maximum atomic E-state index is 8.22. The van der Waals surface area contributed by atoms with Gasteiger partial charge in [0.25, 0.3) is 0 Å². The Bertz CT molecular complexity index is 2150. The fourth-order valence-electron chi connectivity index (χ4n) is 4.28. The summed E-state index contributed by atoms with van der Waals surface area (Å²) in [6.07, 6.45) is 1.26. The SMILES string of the molecule is [2H]C([2H])([2H])c1ccc2c(n1)oc1c2nc(C([2H])([2H])[2H])c2oc3c(-c4cc(C([2H])([2H])[2H])c(C([2H])([2H])[2H])c[n+]4C)c(C)ccc3c21. The molecule has 0 aliphatic carbocycles. The summed E-state index contributed by atoms with van der Waals surface area (Å²) in [6, 6.07) is 7.53. The van der Waals surface area contributed by atoms with Crippen molar-refractivity contribution in [3.8, 4) is 11.3 Å². The van der Waals surface area contributed by atoms with E-state index < -0.39 is 27.4 Å². The number of hydrogen-bond donors (Lipinski definition) is 0. The summed E-state index contributed by atoms with van der Waals surface area (Å²) >= 11 is 0. The van der Waals surface area contributed by atoms with Crippen molar-refractivity contribution in [1.29, 1.82) is 0 Å². The van der Waals surface area contributed by atoms with Gasteiger partial charge in [0, 0.05) is 39.2 Å². The third kappa shape index (κ3) is 2.48. The first-order chi connectivity index (χ1) is 20.2. The van der Waals surface area contributed by atoms with E-state index in [0.717, 1.165) is 0 Å². The van der Waals surface area contributed by atoms with Crippen LogP contribution in [0.15, 0.2) is 45.4 Å². The number of furan rings is 2. The lowest BCUT2D eigenvalue weighted by molar-refractivity contribution is -0.660. The summed E-state index contributed by atoms with van der Waals surface area (Å²) < 4.78 is 109. The van der Waals surface area contributed by atoms with Crippen molar-refractivity contribution >= 4 is 44.1 Å². The van der Waals surface area contributed by atoms with Crippen LogP contribution in [-0.2, 0) is 7.05 Å². The third-order valence-corrected chi connectivity index (χ3v) is 5.79. The van der Waals surface area contributed by atoms with Crippen molar-refractivity contribution in [1.82, 2.24) is 9.97 Å². The molecular formula is C27H24N3O2+. The lowest BCUT2D eigenvalue weighted by Gasteiger charge is -2.07. The Labute approximate surface area is 202 Å². The molecule has 158 valence electrons. The van der Waals surface area contributed by atoms with Crippen LogP contribution in [-0.4, -0.2) is 9.97 Å². The van der Waals surface area contributed by atoms with Crippen LogP contribution in [0.1, 0.15) is 44.5 Å². The van der Waals surface area contributed by atoms with Crippen molar-refractivity contribution in [3.05, 3.63) is 64.6 Å². The average molecular weight is 435 g/mol. The molecule has 5 heterocycles. The average Bonchev–Trinajstić information content (AvgIpc) is 3.43. The Hall–Kier alpha value is -3.73. The van der Waals surface area contributed by atoms with Gasteiger partial charge in [0.05, 0.1) is 22.0 Å². The Balaban J connectivity index is 1.76. The van der Waals surface area contributed by atoms with E-state index in [9.17, 15) is 0 Å². The minimum absolute atomic E-state index is 0.0409. The molecule has 0 saturated heterocycles. The smallest absolute Gasteiger partial charge is 0.229 e. The van der Waals surface area contributed by atoms with Crippen LogP contribution in [0, 0.1) is 34.3 Å². The molecule has 0 aliphatic rings. The van der Waals surface area contributed by atoms with Crippen LogP contribution in [0.5, 0.6) is 0 Å². The number of fused-ring (bicyclic) bond motifs is 7. The summed E-state index contributed by atoms with van der Waals surface area (Å²) in [7, 11) is 1.58. The van der Waals surface area contributed by atoms with Crippen LogP contribution >= 0.6 is 0 Å². The summed E-state index contributed by atoms with van der Waals surface area (Å²) in [5, 5.41) is 1.00. The quantitative estimate of drug-likeness (QED) is 0.285. The maximum Gasteiger partial charge on any atom is 0.229 e. The molecule has 0 aliphatic heterocycles. The van der Waals surface area contributed by atoms with Crippen molar-refractivity contribution in [3.63, 3.8) is 0 Å². The van der Waals surface area contributed by atoms with E-state index in [0.29, 0.717) is 27.6 Å². The van der Waals surface area contributed by atoms with Crippen molar-refractivity contribution < 1.29 is 29.9 Å². The highest BCUT2D eigenvalue weighted by molar-refractivity contribution is 6.22. The number of aromatic nitrogens is 3. The highest BCUT2D eigenvalue weighted by Gasteiger charge is 2.25. The second kappa shape index (κ2) is 6.39. The predicted octanol–water partition coefficient (Wildman–Crippen LogP) is 6.31. The van der Waals surface area contributed by atoms with E-state index >= 15 is 0 Å². The van der Waals surface area contributed by atoms with Gasteiger partial charge in [0.15, 0.2) is 17.4 Å². The van der Waals surface area contributed by atoms with Gasteiger partial charge in [0.1, 0.15) is 18.1 Å². The molecule has 0 spiro atoms. The van der Waals surface area contributed by atoms with Gasteiger partial charge in [-0.1, -0.05) is 12.1 Å². The molecule has 32 heavy (non-hydrogen) atoms. The first-order valence-electron chi connectivity index (χ1n) is 15.8. The number of benzene rings is 1. The zero-order chi connectivity index (χ0) is 32.3. The second-order valence-electron chi connectivity index (χ2n) is 7.83. The van der Waals surface area contributed by atoms with Crippen LogP contribution in [0.4, 0.5) is 0 Å². The van der Waals surface area contributed by atoms with Gasteiger partial charge in [-0.05, 0) is 57.6 Å².